The lowest BCUT2D eigenvalue weighted by atomic mass is 10.0. The quantitative estimate of drug-likeness (QED) is 0.299. The van der Waals surface area contributed by atoms with Gasteiger partial charge in [0.2, 0.25) is 0 Å². The molecule has 24 heavy (non-hydrogen) atoms. The molecule has 1 atom stereocenters. The first-order valence-corrected chi connectivity index (χ1v) is 10.1. The fourth-order valence-corrected chi connectivity index (χ4v) is 3.20. The van der Waals surface area contributed by atoms with Gasteiger partial charge in [-0.3, -0.25) is 4.79 Å². The van der Waals surface area contributed by atoms with Crippen molar-refractivity contribution in [1.29, 1.82) is 0 Å². The standard InChI is InChI=1S/C20H41NO3/c1-4-5-6-7-8-9-10-11-12-13-14-15-19(22)18-21(2,3)17-16-20(23)24/h19,22H,4-18H2,1-3H3/p+1. The summed E-state index contributed by atoms with van der Waals surface area (Å²) in [5.74, 6) is -0.763. The van der Waals surface area contributed by atoms with Crippen molar-refractivity contribution in [1.82, 2.24) is 0 Å². The van der Waals surface area contributed by atoms with E-state index in [2.05, 4.69) is 6.92 Å². The number of unbranched alkanes of at least 4 members (excludes halogenated alkanes) is 10. The van der Waals surface area contributed by atoms with E-state index in [0.29, 0.717) is 17.6 Å². The van der Waals surface area contributed by atoms with E-state index in [0.717, 1.165) is 12.8 Å². The van der Waals surface area contributed by atoms with E-state index in [1.165, 1.54) is 64.2 Å². The molecule has 2 N–H and O–H groups in total. The average molecular weight is 345 g/mol. The minimum absolute atomic E-state index is 0.165. The number of aliphatic hydroxyl groups excluding tert-OH is 1. The number of carbonyl (C=O) groups is 1. The summed E-state index contributed by atoms with van der Waals surface area (Å²) in [6.45, 7) is 3.47. The molecule has 0 rings (SSSR count). The Bertz CT molecular complexity index is 305. The highest BCUT2D eigenvalue weighted by Gasteiger charge is 2.21. The van der Waals surface area contributed by atoms with Gasteiger partial charge in [0.15, 0.2) is 0 Å². The number of carboxylic acids is 1. The molecule has 0 amide bonds. The first kappa shape index (κ1) is 23.4. The van der Waals surface area contributed by atoms with Crippen molar-refractivity contribution in [2.45, 2.75) is 96.5 Å². The van der Waals surface area contributed by atoms with Crippen LogP contribution in [0.25, 0.3) is 0 Å². The first-order valence-electron chi connectivity index (χ1n) is 10.1. The fraction of sp³-hybridized carbons (Fsp3) is 0.950. The van der Waals surface area contributed by atoms with Crippen LogP contribution in [0.2, 0.25) is 0 Å². The van der Waals surface area contributed by atoms with Gasteiger partial charge in [0.1, 0.15) is 12.6 Å². The van der Waals surface area contributed by atoms with Crippen molar-refractivity contribution < 1.29 is 19.5 Å². The maximum Gasteiger partial charge on any atom is 0.309 e. The molecule has 0 radical (unpaired) electrons. The SMILES string of the molecule is CCCCCCCCCCCCCC(O)C[N+](C)(C)CCC(=O)O. The van der Waals surface area contributed by atoms with E-state index < -0.39 is 5.97 Å². The molecule has 0 aromatic carbocycles. The Labute approximate surface area is 149 Å². The zero-order valence-electron chi connectivity index (χ0n) is 16.4. The Balaban J connectivity index is 3.45. The lowest BCUT2D eigenvalue weighted by molar-refractivity contribution is -0.892. The van der Waals surface area contributed by atoms with Gasteiger partial charge in [0.05, 0.1) is 27.1 Å². The number of aliphatic hydroxyl groups is 1. The van der Waals surface area contributed by atoms with Crippen LogP contribution >= 0.6 is 0 Å². The molecule has 0 aromatic heterocycles. The van der Waals surface area contributed by atoms with Gasteiger partial charge in [0.25, 0.3) is 0 Å². The zero-order valence-corrected chi connectivity index (χ0v) is 16.4. The van der Waals surface area contributed by atoms with Crippen LogP contribution in [0.5, 0.6) is 0 Å². The summed E-state index contributed by atoms with van der Waals surface area (Å²) in [5.41, 5.74) is 0. The van der Waals surface area contributed by atoms with E-state index in [1.54, 1.807) is 0 Å². The van der Waals surface area contributed by atoms with Crippen LogP contribution < -0.4 is 0 Å². The fourth-order valence-electron chi connectivity index (χ4n) is 3.20. The van der Waals surface area contributed by atoms with Gasteiger partial charge in [-0.25, -0.2) is 0 Å². The molecule has 0 aliphatic carbocycles. The Morgan fingerprint density at radius 3 is 1.79 bits per heavy atom. The van der Waals surface area contributed by atoms with Crippen molar-refractivity contribution in [3.8, 4) is 0 Å². The van der Waals surface area contributed by atoms with Crippen LogP contribution in [0.15, 0.2) is 0 Å². The lowest BCUT2D eigenvalue weighted by Crippen LogP contribution is -2.46. The van der Waals surface area contributed by atoms with Gasteiger partial charge < -0.3 is 14.7 Å². The third-order valence-electron chi connectivity index (χ3n) is 4.78. The van der Waals surface area contributed by atoms with Crippen molar-refractivity contribution in [2.75, 3.05) is 27.2 Å². The zero-order chi connectivity index (χ0) is 18.3. The van der Waals surface area contributed by atoms with E-state index in [1.807, 2.05) is 14.1 Å². The number of aliphatic carboxylic acids is 1. The molecule has 0 saturated heterocycles. The molecular weight excluding hydrogens is 302 g/mol. The molecular formula is C20H42NO3+. The van der Waals surface area contributed by atoms with E-state index in [4.69, 9.17) is 5.11 Å². The second-order valence-corrected chi connectivity index (χ2v) is 7.96. The first-order chi connectivity index (χ1) is 11.4. The highest BCUT2D eigenvalue weighted by Crippen LogP contribution is 2.13. The van der Waals surface area contributed by atoms with Gasteiger partial charge in [-0.05, 0) is 6.42 Å². The number of quaternary nitrogens is 1. The molecule has 0 heterocycles. The Kier molecular flexibility index (Phi) is 14.3. The minimum atomic E-state index is -0.763. The topological polar surface area (TPSA) is 57.5 Å². The predicted octanol–water partition coefficient (Wildman–Crippen LogP) is 4.60. The van der Waals surface area contributed by atoms with E-state index >= 15 is 0 Å². The van der Waals surface area contributed by atoms with E-state index in [9.17, 15) is 9.90 Å². The van der Waals surface area contributed by atoms with Gasteiger partial charge in [0, 0.05) is 0 Å². The third-order valence-corrected chi connectivity index (χ3v) is 4.78. The summed E-state index contributed by atoms with van der Waals surface area (Å²) in [4.78, 5) is 10.6. The smallest absolute Gasteiger partial charge is 0.309 e. The van der Waals surface area contributed by atoms with Gasteiger partial charge in [-0.1, -0.05) is 77.6 Å². The molecule has 144 valence electrons. The molecule has 4 heteroatoms. The number of nitrogens with zero attached hydrogens (tertiary/aromatic N) is 1. The largest absolute Gasteiger partial charge is 0.481 e. The van der Waals surface area contributed by atoms with Crippen molar-refractivity contribution >= 4 is 5.97 Å². The molecule has 0 fully saturated rings. The summed E-state index contributed by atoms with van der Waals surface area (Å²) in [7, 11) is 3.99. The Hall–Kier alpha value is -0.610. The molecule has 4 nitrogen and oxygen atoms in total. The average Bonchev–Trinajstić information content (AvgIpc) is 2.50. The van der Waals surface area contributed by atoms with Crippen molar-refractivity contribution in [3.63, 3.8) is 0 Å². The molecule has 0 spiro atoms. The summed E-state index contributed by atoms with van der Waals surface area (Å²) in [6.07, 6.45) is 15.2. The number of rotatable bonds is 17. The summed E-state index contributed by atoms with van der Waals surface area (Å²) >= 11 is 0. The number of hydrogen-bond donors (Lipinski definition) is 2. The maximum absolute atomic E-state index is 10.6. The van der Waals surface area contributed by atoms with Crippen LogP contribution in [-0.4, -0.2) is 54.0 Å². The maximum atomic E-state index is 10.6. The summed E-state index contributed by atoms with van der Waals surface area (Å²) in [6, 6.07) is 0. The molecule has 0 saturated carbocycles. The highest BCUT2D eigenvalue weighted by atomic mass is 16.4. The molecule has 0 aromatic rings. The highest BCUT2D eigenvalue weighted by molar-refractivity contribution is 5.66. The number of carboxylic acid groups (broad SMARTS) is 1. The Morgan fingerprint density at radius 2 is 1.33 bits per heavy atom. The predicted molar refractivity (Wildman–Crippen MR) is 101 cm³/mol. The normalized spacial score (nSPS) is 13.2. The minimum Gasteiger partial charge on any atom is -0.481 e. The second kappa shape index (κ2) is 14.7. The van der Waals surface area contributed by atoms with Gasteiger partial charge in [-0.2, -0.15) is 0 Å². The van der Waals surface area contributed by atoms with Crippen LogP contribution in [0.1, 0.15) is 90.4 Å². The molecule has 0 bridgehead atoms. The molecule has 0 aliphatic rings. The monoisotopic (exact) mass is 344 g/mol. The van der Waals surface area contributed by atoms with Crippen LogP contribution in [0, 0.1) is 0 Å². The summed E-state index contributed by atoms with van der Waals surface area (Å²) in [5, 5.41) is 18.9. The van der Waals surface area contributed by atoms with Gasteiger partial charge in [-0.15, -0.1) is 0 Å². The number of likely N-dealkylation sites (N-methyl/N-ethyl adjacent to an activating group) is 1. The van der Waals surface area contributed by atoms with Gasteiger partial charge >= 0.3 is 5.97 Å². The third kappa shape index (κ3) is 16.3. The summed E-state index contributed by atoms with van der Waals surface area (Å²) < 4.78 is 0.575. The van der Waals surface area contributed by atoms with E-state index in [-0.39, 0.29) is 12.5 Å². The lowest BCUT2D eigenvalue weighted by Gasteiger charge is -2.31. The van der Waals surface area contributed by atoms with Crippen molar-refractivity contribution in [2.24, 2.45) is 0 Å². The second-order valence-electron chi connectivity index (χ2n) is 7.96. The number of hydrogen-bond acceptors (Lipinski definition) is 2. The Morgan fingerprint density at radius 1 is 0.875 bits per heavy atom. The van der Waals surface area contributed by atoms with Crippen LogP contribution in [-0.2, 0) is 4.79 Å². The van der Waals surface area contributed by atoms with Crippen LogP contribution in [0.4, 0.5) is 0 Å². The van der Waals surface area contributed by atoms with Crippen molar-refractivity contribution in [3.05, 3.63) is 0 Å². The van der Waals surface area contributed by atoms with Crippen LogP contribution in [0.3, 0.4) is 0 Å². The molecule has 0 aliphatic heterocycles. The molecule has 1 unspecified atom stereocenters.